The third-order valence-corrected chi connectivity index (χ3v) is 5.17. The van der Waals surface area contributed by atoms with Gasteiger partial charge in [0.2, 0.25) is 0 Å². The lowest BCUT2D eigenvalue weighted by Gasteiger charge is -2.21. The van der Waals surface area contributed by atoms with E-state index in [2.05, 4.69) is 24.3 Å². The number of carbonyl (C=O) groups is 2. The fourth-order valence-electron chi connectivity index (χ4n) is 3.61. The van der Waals surface area contributed by atoms with Gasteiger partial charge >= 0.3 is 0 Å². The average molecular weight is 387 g/mol. The van der Waals surface area contributed by atoms with Crippen LogP contribution < -0.4 is 10.5 Å². The predicted molar refractivity (Wildman–Crippen MR) is 111 cm³/mol. The monoisotopic (exact) mass is 387 g/mol. The first-order valence-corrected chi connectivity index (χ1v) is 9.49. The summed E-state index contributed by atoms with van der Waals surface area (Å²) in [6.45, 7) is 2.41. The highest BCUT2D eigenvalue weighted by Crippen LogP contribution is 2.41. The van der Waals surface area contributed by atoms with Crippen molar-refractivity contribution in [1.82, 2.24) is 0 Å². The molecular weight excluding hydrogens is 366 g/mol. The molecule has 0 unspecified atom stereocenters. The molecule has 3 N–H and O–H groups in total. The van der Waals surface area contributed by atoms with Crippen LogP contribution in [0.4, 0.5) is 5.69 Å². The fraction of sp³-hybridized carbons (Fsp3) is 0.167. The molecule has 3 aromatic carbocycles. The number of fused-ring (bicyclic) bond motifs is 2. The lowest BCUT2D eigenvalue weighted by atomic mass is 9.82. The number of hydrogen-bond donors (Lipinski definition) is 2. The summed E-state index contributed by atoms with van der Waals surface area (Å²) in [6, 6.07) is 16.1. The number of nitrogen functional groups attached to an aromatic ring is 1. The molecule has 0 aromatic heterocycles. The Kier molecular flexibility index (Phi) is 4.80. The van der Waals surface area contributed by atoms with Gasteiger partial charge in [-0.1, -0.05) is 54.1 Å². The summed E-state index contributed by atoms with van der Waals surface area (Å²) in [6.07, 6.45) is 1.58. The highest BCUT2D eigenvalue weighted by atomic mass is 16.5. The summed E-state index contributed by atoms with van der Waals surface area (Å²) >= 11 is 0. The highest BCUT2D eigenvalue weighted by molar-refractivity contribution is 6.31. The topological polar surface area (TPSA) is 89.6 Å². The van der Waals surface area contributed by atoms with Gasteiger partial charge in [-0.3, -0.25) is 9.59 Å². The van der Waals surface area contributed by atoms with Crippen molar-refractivity contribution in [2.24, 2.45) is 0 Å². The summed E-state index contributed by atoms with van der Waals surface area (Å²) in [5.41, 5.74) is 9.20. The highest BCUT2D eigenvalue weighted by Gasteiger charge is 2.35. The van der Waals surface area contributed by atoms with Gasteiger partial charge in [-0.25, -0.2) is 0 Å². The smallest absolute Gasteiger partial charge is 0.198 e. The third-order valence-electron chi connectivity index (χ3n) is 5.17. The minimum absolute atomic E-state index is 0.0160. The van der Waals surface area contributed by atoms with Crippen LogP contribution in [-0.4, -0.2) is 23.3 Å². The van der Waals surface area contributed by atoms with E-state index in [9.17, 15) is 14.7 Å². The molecule has 3 aromatic rings. The average Bonchev–Trinajstić information content (AvgIpc) is 2.72. The zero-order chi connectivity index (χ0) is 20.5. The lowest BCUT2D eigenvalue weighted by Crippen LogP contribution is -2.23. The number of aryl methyl sites for hydroxylation is 2. The zero-order valence-electron chi connectivity index (χ0n) is 16.1. The molecule has 1 aliphatic rings. The number of ketones is 2. The molecule has 0 fully saturated rings. The molecule has 0 heterocycles. The van der Waals surface area contributed by atoms with Crippen molar-refractivity contribution in [3.05, 3.63) is 88.0 Å². The summed E-state index contributed by atoms with van der Waals surface area (Å²) in [4.78, 5) is 25.7. The number of aromatic hydroxyl groups is 1. The number of nitrogens with two attached hydrogens (primary N) is 1. The first kappa shape index (κ1) is 18.7. The molecular formula is C24H21NO4. The van der Waals surface area contributed by atoms with Gasteiger partial charge in [-0.2, -0.15) is 0 Å². The van der Waals surface area contributed by atoms with Crippen molar-refractivity contribution in [2.75, 3.05) is 12.3 Å². The Balaban J connectivity index is 1.56. The molecule has 5 nitrogen and oxygen atoms in total. The van der Waals surface area contributed by atoms with Crippen LogP contribution in [0.5, 0.6) is 11.5 Å². The quantitative estimate of drug-likeness (QED) is 0.306. The normalized spacial score (nSPS) is 12.4. The molecule has 0 atom stereocenters. The molecule has 4 rings (SSSR count). The molecule has 0 saturated heterocycles. The molecule has 29 heavy (non-hydrogen) atoms. The van der Waals surface area contributed by atoms with Gasteiger partial charge in [0, 0.05) is 17.2 Å². The molecule has 0 saturated carbocycles. The maximum atomic E-state index is 12.9. The van der Waals surface area contributed by atoms with Gasteiger partial charge in [0.1, 0.15) is 11.5 Å². The van der Waals surface area contributed by atoms with Gasteiger partial charge in [-0.15, -0.1) is 0 Å². The lowest BCUT2D eigenvalue weighted by molar-refractivity contribution is 0.0977. The van der Waals surface area contributed by atoms with Crippen LogP contribution in [0.1, 0.15) is 49.4 Å². The van der Waals surface area contributed by atoms with Crippen LogP contribution in [-0.2, 0) is 6.42 Å². The maximum absolute atomic E-state index is 12.9. The Morgan fingerprint density at radius 3 is 2.21 bits per heavy atom. The summed E-state index contributed by atoms with van der Waals surface area (Å²) in [7, 11) is 0. The summed E-state index contributed by atoms with van der Waals surface area (Å²) < 4.78 is 5.75. The summed E-state index contributed by atoms with van der Waals surface area (Å²) in [5, 5.41) is 10.4. The van der Waals surface area contributed by atoms with Gasteiger partial charge in [0.25, 0.3) is 0 Å². The fourth-order valence-corrected chi connectivity index (χ4v) is 3.61. The van der Waals surface area contributed by atoms with Crippen molar-refractivity contribution < 1.29 is 19.4 Å². The Morgan fingerprint density at radius 1 is 0.931 bits per heavy atom. The molecule has 0 radical (unpaired) electrons. The second-order valence-corrected chi connectivity index (χ2v) is 7.20. The Labute approximate surface area is 168 Å². The number of phenolic OH excluding ortho intramolecular Hbond substituents is 1. The van der Waals surface area contributed by atoms with Crippen molar-refractivity contribution in [3.8, 4) is 11.5 Å². The van der Waals surface area contributed by atoms with E-state index in [1.807, 2.05) is 6.92 Å². The minimum Gasteiger partial charge on any atom is -0.507 e. The van der Waals surface area contributed by atoms with E-state index in [-0.39, 0.29) is 45.2 Å². The van der Waals surface area contributed by atoms with E-state index >= 15 is 0 Å². The number of benzene rings is 3. The first-order valence-electron chi connectivity index (χ1n) is 9.49. The number of anilines is 1. The van der Waals surface area contributed by atoms with Gasteiger partial charge in [-0.05, 0) is 25.3 Å². The molecule has 0 spiro atoms. The standard InChI is InChI=1S/C24H21NO4/c1-14-8-10-15(11-9-14)5-4-12-29-19-13-18(26)20-21(22(19)25)24(28)17-7-3-2-6-16(17)23(20)27/h2-3,6-11,13,26H,4-5,12,25H2,1H3. The minimum atomic E-state index is -0.412. The third kappa shape index (κ3) is 3.36. The number of phenols is 1. The molecule has 1 aliphatic carbocycles. The van der Waals surface area contributed by atoms with Gasteiger partial charge < -0.3 is 15.6 Å². The SMILES string of the molecule is Cc1ccc(CCCOc2cc(O)c3c(c2N)C(=O)c2ccccc2C3=O)cc1. The Bertz CT molecular complexity index is 1120. The van der Waals surface area contributed by atoms with Gasteiger partial charge in [0.15, 0.2) is 11.6 Å². The van der Waals surface area contributed by atoms with Crippen molar-refractivity contribution in [1.29, 1.82) is 0 Å². The van der Waals surface area contributed by atoms with E-state index in [4.69, 9.17) is 10.5 Å². The van der Waals surface area contributed by atoms with Crippen LogP contribution in [0.15, 0.2) is 54.6 Å². The maximum Gasteiger partial charge on any atom is 0.198 e. The number of rotatable bonds is 5. The zero-order valence-corrected chi connectivity index (χ0v) is 16.1. The van der Waals surface area contributed by atoms with Crippen molar-refractivity contribution in [3.63, 3.8) is 0 Å². The van der Waals surface area contributed by atoms with Crippen LogP contribution in [0, 0.1) is 6.92 Å². The molecule has 146 valence electrons. The largest absolute Gasteiger partial charge is 0.507 e. The van der Waals surface area contributed by atoms with E-state index < -0.39 is 5.78 Å². The van der Waals surface area contributed by atoms with Gasteiger partial charge in [0.05, 0.1) is 23.4 Å². The van der Waals surface area contributed by atoms with Crippen LogP contribution in [0.25, 0.3) is 0 Å². The second-order valence-electron chi connectivity index (χ2n) is 7.20. The molecule has 5 heteroatoms. The predicted octanol–water partition coefficient (Wildman–Crippen LogP) is 4.07. The van der Waals surface area contributed by atoms with E-state index in [0.29, 0.717) is 6.61 Å². The molecule has 0 bridgehead atoms. The Hall–Kier alpha value is -3.60. The van der Waals surface area contributed by atoms with Crippen molar-refractivity contribution in [2.45, 2.75) is 19.8 Å². The van der Waals surface area contributed by atoms with Crippen LogP contribution in [0.3, 0.4) is 0 Å². The number of carbonyl (C=O) groups excluding carboxylic acids is 2. The molecule has 0 aliphatic heterocycles. The van der Waals surface area contributed by atoms with Crippen molar-refractivity contribution >= 4 is 17.3 Å². The Morgan fingerprint density at radius 2 is 1.55 bits per heavy atom. The van der Waals surface area contributed by atoms with Crippen LogP contribution in [0.2, 0.25) is 0 Å². The van der Waals surface area contributed by atoms with E-state index in [1.54, 1.807) is 24.3 Å². The number of ether oxygens (including phenoxy) is 1. The molecule has 0 amide bonds. The van der Waals surface area contributed by atoms with Crippen LogP contribution >= 0.6 is 0 Å². The number of hydrogen-bond acceptors (Lipinski definition) is 5. The second kappa shape index (κ2) is 7.43. The summed E-state index contributed by atoms with van der Waals surface area (Å²) in [5.74, 6) is -0.875. The van der Waals surface area contributed by atoms with E-state index in [1.165, 1.54) is 17.2 Å². The van der Waals surface area contributed by atoms with E-state index in [0.717, 1.165) is 12.8 Å². The first-order chi connectivity index (χ1) is 14.0.